The first-order chi connectivity index (χ1) is 12.7. The molecule has 4 rings (SSSR count). The van der Waals surface area contributed by atoms with Crippen molar-refractivity contribution in [2.75, 3.05) is 0 Å². The van der Waals surface area contributed by atoms with E-state index in [1.165, 1.54) is 48.7 Å². The number of nitriles is 1. The lowest BCUT2D eigenvalue weighted by atomic mass is 9.69. The van der Waals surface area contributed by atoms with Gasteiger partial charge in [0.05, 0.1) is 34.8 Å². The van der Waals surface area contributed by atoms with Crippen LogP contribution in [0, 0.1) is 11.3 Å². The monoisotopic (exact) mass is 351 g/mol. The van der Waals surface area contributed by atoms with Gasteiger partial charge in [0, 0.05) is 5.39 Å². The third-order valence-electron chi connectivity index (χ3n) is 6.61. The van der Waals surface area contributed by atoms with E-state index >= 15 is 0 Å². The van der Waals surface area contributed by atoms with Gasteiger partial charge in [-0.05, 0) is 56.6 Å². The van der Waals surface area contributed by atoms with Gasteiger partial charge in [0.25, 0.3) is 0 Å². The van der Waals surface area contributed by atoms with Crippen molar-refractivity contribution in [3.05, 3.63) is 29.5 Å². The summed E-state index contributed by atoms with van der Waals surface area (Å²) in [7, 11) is 0. The molecule has 1 aromatic heterocycles. The van der Waals surface area contributed by atoms with Gasteiger partial charge in [0.1, 0.15) is 0 Å². The van der Waals surface area contributed by atoms with Crippen LogP contribution < -0.4 is 0 Å². The van der Waals surface area contributed by atoms with Crippen LogP contribution >= 0.6 is 0 Å². The lowest BCUT2D eigenvalue weighted by Crippen LogP contribution is -2.32. The molecule has 0 bridgehead atoms. The molecule has 2 saturated carbocycles. The number of fused-ring (bicyclic) bond motifs is 1. The van der Waals surface area contributed by atoms with Crippen molar-refractivity contribution in [3.63, 3.8) is 0 Å². The fraction of sp³-hybridized carbons (Fsp3) is 0.636. The third-order valence-corrected chi connectivity index (χ3v) is 6.61. The maximum absolute atomic E-state index is 9.97. The topological polar surface area (TPSA) is 61.8 Å². The number of aliphatic hydroxyl groups is 1. The Balaban J connectivity index is 1.79. The highest BCUT2D eigenvalue weighted by Crippen LogP contribution is 2.41. The lowest BCUT2D eigenvalue weighted by Gasteiger charge is -2.33. The van der Waals surface area contributed by atoms with Crippen molar-refractivity contribution >= 4 is 10.9 Å². The van der Waals surface area contributed by atoms with Crippen LogP contribution in [0.5, 0.6) is 0 Å². The first-order valence-corrected chi connectivity index (χ1v) is 10.3. The van der Waals surface area contributed by atoms with E-state index in [4.69, 9.17) is 5.10 Å². The van der Waals surface area contributed by atoms with Crippen LogP contribution in [-0.2, 0) is 11.8 Å². The molecule has 0 unspecified atom stereocenters. The van der Waals surface area contributed by atoms with Gasteiger partial charge in [0.15, 0.2) is 0 Å². The Morgan fingerprint density at radius 2 is 1.92 bits per heavy atom. The summed E-state index contributed by atoms with van der Waals surface area (Å²) in [5.41, 5.74) is 3.02. The number of benzene rings is 1. The fourth-order valence-corrected chi connectivity index (χ4v) is 4.93. The first kappa shape index (κ1) is 17.5. The second kappa shape index (κ2) is 7.04. The second-order valence-electron chi connectivity index (χ2n) is 8.19. The molecule has 0 amide bonds. The predicted octanol–water partition coefficient (Wildman–Crippen LogP) is 4.80. The average Bonchev–Trinajstić information content (AvgIpc) is 3.07. The summed E-state index contributed by atoms with van der Waals surface area (Å²) in [5, 5.41) is 26.1. The number of aromatic nitrogens is 2. The zero-order valence-corrected chi connectivity index (χ0v) is 15.7. The smallest absolute Gasteiger partial charge is 0.0825 e. The van der Waals surface area contributed by atoms with Crippen molar-refractivity contribution in [2.45, 2.75) is 88.7 Å². The Morgan fingerprint density at radius 3 is 2.58 bits per heavy atom. The molecule has 4 heteroatoms. The van der Waals surface area contributed by atoms with Gasteiger partial charge in [-0.25, -0.2) is 0 Å². The first-order valence-electron chi connectivity index (χ1n) is 10.3. The van der Waals surface area contributed by atoms with Crippen LogP contribution in [0.1, 0.15) is 82.0 Å². The Morgan fingerprint density at radius 1 is 1.19 bits per heavy atom. The van der Waals surface area contributed by atoms with Crippen molar-refractivity contribution in [1.82, 2.24) is 9.78 Å². The highest BCUT2D eigenvalue weighted by atomic mass is 16.3. The van der Waals surface area contributed by atoms with E-state index in [9.17, 15) is 10.4 Å². The molecule has 4 nitrogen and oxygen atoms in total. The molecule has 1 N–H and O–H groups in total. The number of rotatable bonds is 3. The molecule has 0 saturated heterocycles. The largest absolute Gasteiger partial charge is 0.393 e. The van der Waals surface area contributed by atoms with Gasteiger partial charge in [-0.3, -0.25) is 4.68 Å². The Labute approximate surface area is 155 Å². The van der Waals surface area contributed by atoms with E-state index in [-0.39, 0.29) is 6.10 Å². The molecule has 2 aromatic rings. The Kier molecular flexibility index (Phi) is 4.75. The molecule has 1 aromatic carbocycles. The van der Waals surface area contributed by atoms with Gasteiger partial charge >= 0.3 is 0 Å². The Hall–Kier alpha value is -1.86. The lowest BCUT2D eigenvalue weighted by molar-refractivity contribution is 0.109. The summed E-state index contributed by atoms with van der Waals surface area (Å²) in [6.45, 7) is 2.17. The zero-order chi connectivity index (χ0) is 18.1. The predicted molar refractivity (Wildman–Crippen MR) is 103 cm³/mol. The molecule has 0 radical (unpaired) electrons. The summed E-state index contributed by atoms with van der Waals surface area (Å²) in [4.78, 5) is 0. The molecule has 26 heavy (non-hydrogen) atoms. The minimum absolute atomic E-state index is 0.250. The van der Waals surface area contributed by atoms with Crippen LogP contribution in [0.4, 0.5) is 0 Å². The standard InChI is InChI=1S/C22H29N3O/c1-2-20-19-9-8-16(22(15-23)12-10-18(26)11-13-22)14-21(19)25(24-20)17-6-4-3-5-7-17/h8-9,14,17-18,26H,2-7,10-13H2,1H3/t18-,22-. The van der Waals surface area contributed by atoms with Crippen LogP contribution in [0.25, 0.3) is 10.9 Å². The zero-order valence-electron chi connectivity index (χ0n) is 15.7. The summed E-state index contributed by atoms with van der Waals surface area (Å²) in [5.74, 6) is 0. The number of aryl methyl sites for hydroxylation is 1. The molecule has 0 atom stereocenters. The van der Waals surface area contributed by atoms with Crippen molar-refractivity contribution in [3.8, 4) is 6.07 Å². The molecule has 2 fully saturated rings. The minimum Gasteiger partial charge on any atom is -0.393 e. The molecule has 0 spiro atoms. The van der Waals surface area contributed by atoms with Gasteiger partial charge in [-0.2, -0.15) is 10.4 Å². The summed E-state index contributed by atoms with van der Waals surface area (Å²) in [6, 6.07) is 9.64. The van der Waals surface area contributed by atoms with Crippen LogP contribution in [0.15, 0.2) is 18.2 Å². The fourth-order valence-electron chi connectivity index (χ4n) is 4.93. The van der Waals surface area contributed by atoms with Gasteiger partial charge in [-0.1, -0.05) is 38.3 Å². The highest BCUT2D eigenvalue weighted by molar-refractivity contribution is 5.83. The van der Waals surface area contributed by atoms with Gasteiger partial charge in [0.2, 0.25) is 0 Å². The normalized spacial score (nSPS) is 27.5. The number of nitrogens with zero attached hydrogens (tertiary/aromatic N) is 3. The van der Waals surface area contributed by atoms with Crippen LogP contribution in [0.2, 0.25) is 0 Å². The van der Waals surface area contributed by atoms with E-state index in [2.05, 4.69) is 35.9 Å². The Bertz CT molecular complexity index is 818. The summed E-state index contributed by atoms with van der Waals surface area (Å²) in [6.07, 6.45) is 9.93. The number of hydrogen-bond donors (Lipinski definition) is 1. The molecule has 0 aliphatic heterocycles. The van der Waals surface area contributed by atoms with E-state index in [1.54, 1.807) is 0 Å². The van der Waals surface area contributed by atoms with E-state index in [0.717, 1.165) is 24.8 Å². The van der Waals surface area contributed by atoms with Crippen LogP contribution in [0.3, 0.4) is 0 Å². The maximum Gasteiger partial charge on any atom is 0.0825 e. The maximum atomic E-state index is 9.97. The molecule has 2 aliphatic carbocycles. The molecular weight excluding hydrogens is 322 g/mol. The minimum atomic E-state index is -0.457. The molecule has 138 valence electrons. The molecule has 2 aliphatic rings. The van der Waals surface area contributed by atoms with Gasteiger partial charge in [-0.15, -0.1) is 0 Å². The second-order valence-corrected chi connectivity index (χ2v) is 8.19. The number of hydrogen-bond acceptors (Lipinski definition) is 3. The molecule has 1 heterocycles. The van der Waals surface area contributed by atoms with E-state index in [1.807, 2.05) is 0 Å². The highest BCUT2D eigenvalue weighted by Gasteiger charge is 2.37. The van der Waals surface area contributed by atoms with Crippen LogP contribution in [-0.4, -0.2) is 21.0 Å². The van der Waals surface area contributed by atoms with Crippen molar-refractivity contribution in [2.24, 2.45) is 0 Å². The van der Waals surface area contributed by atoms with E-state index < -0.39 is 5.41 Å². The van der Waals surface area contributed by atoms with Crippen molar-refractivity contribution in [1.29, 1.82) is 5.26 Å². The van der Waals surface area contributed by atoms with Crippen molar-refractivity contribution < 1.29 is 5.11 Å². The number of aliphatic hydroxyl groups excluding tert-OH is 1. The third kappa shape index (κ3) is 2.93. The van der Waals surface area contributed by atoms with Gasteiger partial charge < -0.3 is 5.11 Å². The summed E-state index contributed by atoms with van der Waals surface area (Å²) < 4.78 is 2.26. The molecular formula is C22H29N3O. The summed E-state index contributed by atoms with van der Waals surface area (Å²) >= 11 is 0. The van der Waals surface area contributed by atoms with E-state index in [0.29, 0.717) is 18.9 Å². The SMILES string of the molecule is CCc1nn(C2CCCCC2)c2cc([C@]3(C#N)CC[C@@H](O)CC3)ccc12. The quantitative estimate of drug-likeness (QED) is 0.864. The average molecular weight is 351 g/mol.